The number of hydrogen-bond donors (Lipinski definition) is 2. The van der Waals surface area contributed by atoms with Crippen LogP contribution in [0.25, 0.3) is 0 Å². The number of carbonyl (C=O) groups is 1. The number of alkyl carbamates (subject to hydrolysis) is 1. The van der Waals surface area contributed by atoms with Crippen molar-refractivity contribution in [1.29, 1.82) is 0 Å². The second-order valence-corrected chi connectivity index (χ2v) is 4.85. The lowest BCUT2D eigenvalue weighted by Crippen LogP contribution is -2.37. The zero-order chi connectivity index (χ0) is 14.9. The van der Waals surface area contributed by atoms with Crippen LogP contribution in [0, 0.1) is 0 Å². The molecule has 0 aromatic heterocycles. The predicted octanol–water partition coefficient (Wildman–Crippen LogP) is 3.24. The van der Waals surface area contributed by atoms with Crippen LogP contribution in [0.1, 0.15) is 46.2 Å². The number of carbonyl (C=O) groups excluding carboxylic acids is 1. The summed E-state index contributed by atoms with van der Waals surface area (Å²) in [6.07, 6.45) is -0.447. The molecule has 0 saturated carbocycles. The van der Waals surface area contributed by atoms with Gasteiger partial charge in [-0.15, -0.1) is 0 Å². The highest BCUT2D eigenvalue weighted by molar-refractivity contribution is 5.68. The summed E-state index contributed by atoms with van der Waals surface area (Å²) in [6.45, 7) is 9.81. The lowest BCUT2D eigenvalue weighted by Gasteiger charge is -2.23. The molecule has 1 aromatic carbocycles. The molecule has 0 radical (unpaired) electrons. The van der Waals surface area contributed by atoms with E-state index in [-0.39, 0.29) is 6.04 Å². The summed E-state index contributed by atoms with van der Waals surface area (Å²) in [5, 5.41) is 2.75. The zero-order valence-corrected chi connectivity index (χ0v) is 12.6. The standard InChI is InChI=1S/C13H20N2O2.C2H6/c1-13(2,3)17-12(16)15-11(9-14)10-7-5-4-6-8-10;1-2/h4-8,11H,9,14H2,1-3H3,(H,15,16);1-2H3. The van der Waals surface area contributed by atoms with Gasteiger partial charge in [0.05, 0.1) is 6.04 Å². The van der Waals surface area contributed by atoms with E-state index in [0.717, 1.165) is 5.56 Å². The smallest absolute Gasteiger partial charge is 0.408 e. The van der Waals surface area contributed by atoms with Gasteiger partial charge in [-0.1, -0.05) is 44.2 Å². The molecule has 0 fully saturated rings. The van der Waals surface area contributed by atoms with Gasteiger partial charge in [-0.3, -0.25) is 0 Å². The van der Waals surface area contributed by atoms with Crippen LogP contribution < -0.4 is 11.1 Å². The first-order valence-electron chi connectivity index (χ1n) is 6.67. The van der Waals surface area contributed by atoms with Gasteiger partial charge in [0.15, 0.2) is 0 Å². The van der Waals surface area contributed by atoms with Crippen molar-refractivity contribution < 1.29 is 9.53 Å². The summed E-state index contributed by atoms with van der Waals surface area (Å²) >= 11 is 0. The van der Waals surface area contributed by atoms with Crippen molar-refractivity contribution in [3.63, 3.8) is 0 Å². The first-order chi connectivity index (χ1) is 8.92. The van der Waals surface area contributed by atoms with Crippen LogP contribution in [0.2, 0.25) is 0 Å². The molecule has 0 saturated heterocycles. The Kier molecular flexibility index (Phi) is 7.84. The molecule has 4 heteroatoms. The Labute approximate surface area is 116 Å². The van der Waals surface area contributed by atoms with Gasteiger partial charge >= 0.3 is 6.09 Å². The van der Waals surface area contributed by atoms with Crippen LogP contribution in [-0.4, -0.2) is 18.2 Å². The van der Waals surface area contributed by atoms with Gasteiger partial charge in [0.1, 0.15) is 5.60 Å². The normalized spacial score (nSPS) is 11.9. The van der Waals surface area contributed by atoms with Crippen molar-refractivity contribution in [3.8, 4) is 0 Å². The lowest BCUT2D eigenvalue weighted by molar-refractivity contribution is 0.0505. The molecule has 1 amide bonds. The van der Waals surface area contributed by atoms with Crippen LogP contribution in [0.5, 0.6) is 0 Å². The number of ether oxygens (including phenoxy) is 1. The maximum absolute atomic E-state index is 11.6. The molecule has 0 spiro atoms. The third kappa shape index (κ3) is 7.47. The Morgan fingerprint density at radius 1 is 1.26 bits per heavy atom. The van der Waals surface area contributed by atoms with Crippen LogP contribution in [-0.2, 0) is 4.74 Å². The van der Waals surface area contributed by atoms with Crippen molar-refractivity contribution in [2.45, 2.75) is 46.3 Å². The Hall–Kier alpha value is -1.55. The van der Waals surface area contributed by atoms with Crippen molar-refractivity contribution in [3.05, 3.63) is 35.9 Å². The zero-order valence-electron chi connectivity index (χ0n) is 12.6. The summed E-state index contributed by atoms with van der Waals surface area (Å²) in [5.41, 5.74) is 6.12. The van der Waals surface area contributed by atoms with E-state index in [1.165, 1.54) is 0 Å². The fourth-order valence-electron chi connectivity index (χ4n) is 1.41. The third-order valence-corrected chi connectivity index (χ3v) is 2.13. The Morgan fingerprint density at radius 3 is 2.21 bits per heavy atom. The van der Waals surface area contributed by atoms with Crippen molar-refractivity contribution in [2.24, 2.45) is 5.73 Å². The molecule has 0 aliphatic rings. The Bertz CT molecular complexity index is 358. The minimum absolute atomic E-state index is 0.217. The highest BCUT2D eigenvalue weighted by atomic mass is 16.6. The average Bonchev–Trinajstić information content (AvgIpc) is 2.37. The average molecular weight is 266 g/mol. The molecule has 0 aliphatic carbocycles. The van der Waals surface area contributed by atoms with Gasteiger partial charge < -0.3 is 15.8 Å². The molecular weight excluding hydrogens is 240 g/mol. The Morgan fingerprint density at radius 2 is 1.79 bits per heavy atom. The van der Waals surface area contributed by atoms with E-state index < -0.39 is 11.7 Å². The molecule has 19 heavy (non-hydrogen) atoms. The van der Waals surface area contributed by atoms with Crippen LogP contribution in [0.3, 0.4) is 0 Å². The fraction of sp³-hybridized carbons (Fsp3) is 0.533. The summed E-state index contributed by atoms with van der Waals surface area (Å²) in [6, 6.07) is 9.38. The van der Waals surface area contributed by atoms with Crippen LogP contribution in [0.4, 0.5) is 4.79 Å². The maximum atomic E-state index is 11.6. The maximum Gasteiger partial charge on any atom is 0.408 e. The molecule has 3 N–H and O–H groups in total. The second kappa shape index (κ2) is 8.53. The molecule has 1 unspecified atom stereocenters. The summed E-state index contributed by atoms with van der Waals surface area (Å²) < 4.78 is 5.19. The van der Waals surface area contributed by atoms with Crippen molar-refractivity contribution in [2.75, 3.05) is 6.54 Å². The first-order valence-corrected chi connectivity index (χ1v) is 6.67. The molecule has 1 atom stereocenters. The largest absolute Gasteiger partial charge is 0.444 e. The summed E-state index contributed by atoms with van der Waals surface area (Å²) in [7, 11) is 0. The van der Waals surface area contributed by atoms with Crippen LogP contribution in [0.15, 0.2) is 30.3 Å². The molecule has 4 nitrogen and oxygen atoms in total. The highest BCUT2D eigenvalue weighted by Gasteiger charge is 2.19. The fourth-order valence-corrected chi connectivity index (χ4v) is 1.41. The second-order valence-electron chi connectivity index (χ2n) is 4.85. The van der Waals surface area contributed by atoms with Gasteiger partial charge in [0.25, 0.3) is 0 Å². The van der Waals surface area contributed by atoms with Crippen molar-refractivity contribution >= 4 is 6.09 Å². The van der Waals surface area contributed by atoms with Gasteiger partial charge in [-0.05, 0) is 26.3 Å². The van der Waals surface area contributed by atoms with E-state index in [0.29, 0.717) is 6.54 Å². The minimum Gasteiger partial charge on any atom is -0.444 e. The van der Waals surface area contributed by atoms with Gasteiger partial charge in [-0.2, -0.15) is 0 Å². The molecule has 0 bridgehead atoms. The predicted molar refractivity (Wildman–Crippen MR) is 79.0 cm³/mol. The van der Waals surface area contributed by atoms with Gasteiger partial charge in [-0.25, -0.2) is 4.79 Å². The molecular formula is C15H26N2O2. The van der Waals surface area contributed by atoms with Crippen molar-refractivity contribution in [1.82, 2.24) is 5.32 Å². The summed E-state index contributed by atoms with van der Waals surface area (Å²) in [4.78, 5) is 11.6. The quantitative estimate of drug-likeness (QED) is 0.882. The molecule has 1 aromatic rings. The van der Waals surface area contributed by atoms with Crippen LogP contribution >= 0.6 is 0 Å². The van der Waals surface area contributed by atoms with E-state index in [1.807, 2.05) is 65.0 Å². The minimum atomic E-state index is -0.500. The number of benzene rings is 1. The Balaban J connectivity index is 0.00000154. The molecule has 1 rings (SSSR count). The number of hydrogen-bond acceptors (Lipinski definition) is 3. The van der Waals surface area contributed by atoms with E-state index in [4.69, 9.17) is 10.5 Å². The number of amides is 1. The monoisotopic (exact) mass is 266 g/mol. The van der Waals surface area contributed by atoms with E-state index >= 15 is 0 Å². The highest BCUT2D eigenvalue weighted by Crippen LogP contribution is 2.13. The van der Waals surface area contributed by atoms with Gasteiger partial charge in [0, 0.05) is 6.54 Å². The SMILES string of the molecule is CC.CC(C)(C)OC(=O)NC(CN)c1ccccc1. The number of nitrogens with two attached hydrogens (primary N) is 1. The van der Waals surface area contributed by atoms with E-state index in [9.17, 15) is 4.79 Å². The van der Waals surface area contributed by atoms with E-state index in [1.54, 1.807) is 0 Å². The molecule has 0 aliphatic heterocycles. The topological polar surface area (TPSA) is 64.3 Å². The molecule has 108 valence electrons. The van der Waals surface area contributed by atoms with Gasteiger partial charge in [0.2, 0.25) is 0 Å². The number of nitrogens with one attached hydrogen (secondary N) is 1. The third-order valence-electron chi connectivity index (χ3n) is 2.13. The molecule has 0 heterocycles. The number of rotatable bonds is 3. The van der Waals surface area contributed by atoms with E-state index in [2.05, 4.69) is 5.32 Å². The first kappa shape index (κ1) is 17.4. The lowest BCUT2D eigenvalue weighted by atomic mass is 10.1. The summed E-state index contributed by atoms with van der Waals surface area (Å²) in [5.74, 6) is 0.